The van der Waals surface area contributed by atoms with Gasteiger partial charge >= 0.3 is 0 Å². The predicted octanol–water partition coefficient (Wildman–Crippen LogP) is 1.49. The van der Waals surface area contributed by atoms with Crippen LogP contribution in [0.4, 0.5) is 0 Å². The van der Waals surface area contributed by atoms with E-state index in [0.29, 0.717) is 6.04 Å². The lowest BCUT2D eigenvalue weighted by molar-refractivity contribution is -0.120. The van der Waals surface area contributed by atoms with Gasteiger partial charge in [0.15, 0.2) is 0 Å². The first-order valence-corrected chi connectivity index (χ1v) is 7.45. The Morgan fingerprint density at radius 3 is 2.78 bits per heavy atom. The Hall–Kier alpha value is -0.610. The maximum atomic E-state index is 11.5. The molecule has 0 bridgehead atoms. The highest BCUT2D eigenvalue weighted by Gasteiger charge is 2.26. The Morgan fingerprint density at radius 2 is 2.17 bits per heavy atom. The fraction of sp³-hybridized carbons (Fsp3) is 0.929. The van der Waals surface area contributed by atoms with Gasteiger partial charge < -0.3 is 11.1 Å². The molecule has 1 fully saturated rings. The summed E-state index contributed by atoms with van der Waals surface area (Å²) in [6.45, 7) is 7.08. The van der Waals surface area contributed by atoms with Crippen LogP contribution in [0.15, 0.2) is 0 Å². The first-order valence-electron chi connectivity index (χ1n) is 7.45. The van der Waals surface area contributed by atoms with E-state index in [1.54, 1.807) is 0 Å². The summed E-state index contributed by atoms with van der Waals surface area (Å²) in [6, 6.07) is 0.455. The minimum Gasteiger partial charge on any atom is -0.368 e. The summed E-state index contributed by atoms with van der Waals surface area (Å²) in [5, 5.41) is 3.26. The summed E-state index contributed by atoms with van der Waals surface area (Å²) in [5.41, 5.74) is 5.49. The molecule has 1 aliphatic rings. The maximum absolute atomic E-state index is 11.5. The number of nitrogens with one attached hydrogen (secondary N) is 1. The Kier molecular flexibility index (Phi) is 7.28. The first kappa shape index (κ1) is 15.4. The van der Waals surface area contributed by atoms with E-state index in [9.17, 15) is 4.79 Å². The summed E-state index contributed by atoms with van der Waals surface area (Å²) in [7, 11) is 0. The number of nitrogens with zero attached hydrogens (tertiary/aromatic N) is 1. The van der Waals surface area contributed by atoms with Crippen molar-refractivity contribution in [1.82, 2.24) is 10.2 Å². The van der Waals surface area contributed by atoms with Crippen molar-refractivity contribution in [2.24, 2.45) is 5.73 Å². The van der Waals surface area contributed by atoms with Gasteiger partial charge in [-0.05, 0) is 38.8 Å². The summed E-state index contributed by atoms with van der Waals surface area (Å²) in [6.07, 6.45) is 7.32. The van der Waals surface area contributed by atoms with E-state index in [2.05, 4.69) is 24.1 Å². The van der Waals surface area contributed by atoms with Gasteiger partial charge in [0.05, 0.1) is 6.04 Å². The second kappa shape index (κ2) is 8.48. The van der Waals surface area contributed by atoms with Crippen LogP contribution in [0.2, 0.25) is 0 Å². The van der Waals surface area contributed by atoms with Crippen LogP contribution < -0.4 is 11.1 Å². The van der Waals surface area contributed by atoms with Crippen molar-refractivity contribution in [2.45, 2.75) is 64.5 Å². The zero-order valence-corrected chi connectivity index (χ0v) is 12.0. The second-order valence-electron chi connectivity index (χ2n) is 5.34. The van der Waals surface area contributed by atoms with Gasteiger partial charge in [-0.3, -0.25) is 9.69 Å². The molecule has 0 aromatic heterocycles. The van der Waals surface area contributed by atoms with Crippen molar-refractivity contribution in [1.29, 1.82) is 0 Å². The highest BCUT2D eigenvalue weighted by Crippen LogP contribution is 2.20. The number of rotatable bonds is 8. The number of primary amides is 1. The molecular weight excluding hydrogens is 226 g/mol. The van der Waals surface area contributed by atoms with Gasteiger partial charge in [0.1, 0.15) is 0 Å². The van der Waals surface area contributed by atoms with E-state index < -0.39 is 0 Å². The molecular formula is C14H29N3O. The van der Waals surface area contributed by atoms with Crippen molar-refractivity contribution in [3.05, 3.63) is 0 Å². The van der Waals surface area contributed by atoms with E-state index in [1.807, 2.05) is 0 Å². The van der Waals surface area contributed by atoms with Crippen LogP contribution >= 0.6 is 0 Å². The molecule has 0 aliphatic carbocycles. The van der Waals surface area contributed by atoms with Gasteiger partial charge in [0, 0.05) is 12.6 Å². The van der Waals surface area contributed by atoms with E-state index in [-0.39, 0.29) is 11.9 Å². The number of carbonyl (C=O) groups is 1. The van der Waals surface area contributed by atoms with Crippen LogP contribution in [-0.2, 0) is 4.79 Å². The summed E-state index contributed by atoms with van der Waals surface area (Å²) in [5.74, 6) is -0.218. The molecule has 1 aliphatic heterocycles. The highest BCUT2D eigenvalue weighted by atomic mass is 16.1. The van der Waals surface area contributed by atoms with Crippen molar-refractivity contribution < 1.29 is 4.79 Å². The van der Waals surface area contributed by atoms with Crippen molar-refractivity contribution in [3.63, 3.8) is 0 Å². The van der Waals surface area contributed by atoms with Crippen LogP contribution in [0, 0.1) is 0 Å². The molecule has 0 aromatic rings. The molecule has 1 saturated heterocycles. The molecule has 3 N–H and O–H groups in total. The molecule has 1 amide bonds. The third-order valence-electron chi connectivity index (χ3n) is 3.77. The first-order chi connectivity index (χ1) is 8.69. The number of carbonyl (C=O) groups excluding carboxylic acids is 1. The lowest BCUT2D eigenvalue weighted by atomic mass is 9.97. The minimum atomic E-state index is -0.218. The number of nitrogens with two attached hydrogens (primary N) is 1. The van der Waals surface area contributed by atoms with Crippen molar-refractivity contribution in [3.8, 4) is 0 Å². The minimum absolute atomic E-state index is 0.192. The van der Waals surface area contributed by atoms with Crippen LogP contribution in [0.25, 0.3) is 0 Å². The zero-order chi connectivity index (χ0) is 13.4. The quantitative estimate of drug-likeness (QED) is 0.691. The molecule has 2 atom stereocenters. The molecule has 18 heavy (non-hydrogen) atoms. The summed E-state index contributed by atoms with van der Waals surface area (Å²) < 4.78 is 0. The molecule has 0 spiro atoms. The molecule has 1 heterocycles. The van der Waals surface area contributed by atoms with Crippen LogP contribution in [-0.4, -0.2) is 42.5 Å². The maximum Gasteiger partial charge on any atom is 0.235 e. The van der Waals surface area contributed by atoms with E-state index in [1.165, 1.54) is 32.1 Å². The lowest BCUT2D eigenvalue weighted by Crippen LogP contribution is -2.52. The Balaban J connectivity index is 2.50. The molecule has 4 nitrogen and oxygen atoms in total. The smallest absolute Gasteiger partial charge is 0.235 e. The number of likely N-dealkylation sites (tertiary alicyclic amines) is 1. The fourth-order valence-electron chi connectivity index (χ4n) is 2.77. The van der Waals surface area contributed by atoms with E-state index >= 15 is 0 Å². The Morgan fingerprint density at radius 1 is 1.39 bits per heavy atom. The largest absolute Gasteiger partial charge is 0.368 e. The van der Waals surface area contributed by atoms with Gasteiger partial charge in [-0.15, -0.1) is 0 Å². The third-order valence-corrected chi connectivity index (χ3v) is 3.77. The molecule has 0 saturated carbocycles. The van der Waals surface area contributed by atoms with Gasteiger partial charge in [-0.2, -0.15) is 0 Å². The van der Waals surface area contributed by atoms with Crippen LogP contribution in [0.1, 0.15) is 52.4 Å². The lowest BCUT2D eigenvalue weighted by Gasteiger charge is -2.37. The normalized spacial score (nSPS) is 22.9. The molecule has 4 heteroatoms. The average Bonchev–Trinajstić information content (AvgIpc) is 2.36. The Labute approximate surface area is 111 Å². The van der Waals surface area contributed by atoms with Gasteiger partial charge in [-0.25, -0.2) is 0 Å². The fourth-order valence-corrected chi connectivity index (χ4v) is 2.77. The highest BCUT2D eigenvalue weighted by molar-refractivity contribution is 5.80. The zero-order valence-electron chi connectivity index (χ0n) is 12.0. The van der Waals surface area contributed by atoms with Crippen LogP contribution in [0.5, 0.6) is 0 Å². The van der Waals surface area contributed by atoms with Crippen LogP contribution in [0.3, 0.4) is 0 Å². The SMILES string of the molecule is CCCNC(CN1CCCCC1CCC)C(N)=O. The summed E-state index contributed by atoms with van der Waals surface area (Å²) >= 11 is 0. The standard InChI is InChI=1S/C14H29N3O/c1-3-7-12-8-5-6-10-17(12)11-13(14(15)18)16-9-4-2/h12-13,16H,3-11H2,1-2H3,(H2,15,18). The third kappa shape index (κ3) is 4.94. The van der Waals surface area contributed by atoms with Gasteiger partial charge in [0.25, 0.3) is 0 Å². The van der Waals surface area contributed by atoms with E-state index in [0.717, 1.165) is 26.1 Å². The molecule has 106 valence electrons. The van der Waals surface area contributed by atoms with Gasteiger partial charge in [0.2, 0.25) is 5.91 Å². The molecule has 1 rings (SSSR count). The predicted molar refractivity (Wildman–Crippen MR) is 75.4 cm³/mol. The summed E-state index contributed by atoms with van der Waals surface area (Å²) in [4.78, 5) is 13.9. The number of piperidine rings is 1. The van der Waals surface area contributed by atoms with Crippen molar-refractivity contribution >= 4 is 5.91 Å². The number of hydrogen-bond donors (Lipinski definition) is 2. The molecule has 0 aromatic carbocycles. The average molecular weight is 255 g/mol. The van der Waals surface area contributed by atoms with Crippen molar-refractivity contribution in [2.75, 3.05) is 19.6 Å². The number of hydrogen-bond acceptors (Lipinski definition) is 3. The van der Waals surface area contributed by atoms with E-state index in [4.69, 9.17) is 5.73 Å². The Bertz CT molecular complexity index is 243. The monoisotopic (exact) mass is 255 g/mol. The topological polar surface area (TPSA) is 58.4 Å². The second-order valence-corrected chi connectivity index (χ2v) is 5.34. The molecule has 2 unspecified atom stereocenters. The molecule has 0 radical (unpaired) electrons. The van der Waals surface area contributed by atoms with Gasteiger partial charge in [-0.1, -0.05) is 26.7 Å². The number of amides is 1.